The molecule has 0 bridgehead atoms. The van der Waals surface area contributed by atoms with E-state index >= 15 is 0 Å². The highest BCUT2D eigenvalue weighted by atomic mass is 32.1. The second kappa shape index (κ2) is 9.88. The third kappa shape index (κ3) is 5.41. The van der Waals surface area contributed by atoms with E-state index in [2.05, 4.69) is 41.5 Å². The number of rotatable bonds is 6. The molecule has 6 heteroatoms. The van der Waals surface area contributed by atoms with Crippen molar-refractivity contribution in [3.8, 4) is 5.75 Å². The Balaban J connectivity index is 1.65. The Morgan fingerprint density at radius 1 is 1.00 bits per heavy atom. The van der Waals surface area contributed by atoms with Gasteiger partial charge in [0.15, 0.2) is 5.11 Å². The molecule has 5 nitrogen and oxygen atoms in total. The maximum atomic E-state index is 12.9. The van der Waals surface area contributed by atoms with Gasteiger partial charge in [-0.15, -0.1) is 0 Å². The molecule has 4 rings (SSSR count). The number of pyridine rings is 1. The smallest absolute Gasteiger partial charge is 0.253 e. The van der Waals surface area contributed by atoms with Gasteiger partial charge in [0.25, 0.3) is 5.56 Å². The highest BCUT2D eigenvalue weighted by Crippen LogP contribution is 2.20. The molecule has 0 saturated carbocycles. The molecule has 0 radical (unpaired) electrons. The predicted molar refractivity (Wildman–Crippen MR) is 139 cm³/mol. The van der Waals surface area contributed by atoms with Crippen molar-refractivity contribution in [1.82, 2.24) is 9.88 Å². The van der Waals surface area contributed by atoms with Crippen LogP contribution in [0.5, 0.6) is 5.75 Å². The highest BCUT2D eigenvalue weighted by Gasteiger charge is 2.15. The van der Waals surface area contributed by atoms with Crippen LogP contribution in [0, 0.1) is 13.8 Å². The SMILES string of the molecule is COc1ccc(NC(=S)N(Cc2ccccc2)Cc2cc3cc(C)cc(C)c3[nH]c2=O)cc1. The van der Waals surface area contributed by atoms with Crippen LogP contribution in [0.2, 0.25) is 0 Å². The van der Waals surface area contributed by atoms with Crippen molar-refractivity contribution in [1.29, 1.82) is 0 Å². The van der Waals surface area contributed by atoms with Crippen molar-refractivity contribution in [2.24, 2.45) is 0 Å². The third-order valence-corrected chi connectivity index (χ3v) is 5.94. The summed E-state index contributed by atoms with van der Waals surface area (Å²) in [5.41, 5.74) is 5.64. The van der Waals surface area contributed by atoms with Crippen LogP contribution in [-0.2, 0) is 13.1 Å². The number of aromatic amines is 1. The van der Waals surface area contributed by atoms with Crippen LogP contribution in [0.4, 0.5) is 5.69 Å². The Morgan fingerprint density at radius 2 is 1.73 bits per heavy atom. The van der Waals surface area contributed by atoms with E-state index < -0.39 is 0 Å². The molecule has 168 valence electrons. The maximum absolute atomic E-state index is 12.9. The molecule has 4 aromatic rings. The topological polar surface area (TPSA) is 57.4 Å². The summed E-state index contributed by atoms with van der Waals surface area (Å²) in [6.45, 7) is 5.04. The molecule has 0 fully saturated rings. The molecular weight excluding hydrogens is 430 g/mol. The molecule has 0 spiro atoms. The van der Waals surface area contributed by atoms with Crippen LogP contribution in [0.1, 0.15) is 22.3 Å². The van der Waals surface area contributed by atoms with Crippen LogP contribution < -0.4 is 15.6 Å². The van der Waals surface area contributed by atoms with Crippen LogP contribution >= 0.6 is 12.2 Å². The first-order valence-electron chi connectivity index (χ1n) is 10.8. The zero-order valence-electron chi connectivity index (χ0n) is 19.0. The van der Waals surface area contributed by atoms with E-state index in [1.807, 2.05) is 60.4 Å². The van der Waals surface area contributed by atoms with Crippen molar-refractivity contribution in [3.05, 3.63) is 105 Å². The molecule has 2 N–H and O–H groups in total. The normalized spacial score (nSPS) is 10.8. The van der Waals surface area contributed by atoms with Crippen LogP contribution in [0.3, 0.4) is 0 Å². The number of hydrogen-bond acceptors (Lipinski definition) is 3. The van der Waals surface area contributed by atoms with Gasteiger partial charge in [-0.05, 0) is 79.0 Å². The van der Waals surface area contributed by atoms with Gasteiger partial charge < -0.3 is 19.9 Å². The molecule has 3 aromatic carbocycles. The number of thiocarbonyl (C=S) groups is 1. The third-order valence-electron chi connectivity index (χ3n) is 5.58. The number of ether oxygens (including phenoxy) is 1. The Kier molecular flexibility index (Phi) is 6.75. The number of nitrogens with one attached hydrogen (secondary N) is 2. The number of anilines is 1. The lowest BCUT2D eigenvalue weighted by molar-refractivity contribution is 0.411. The molecular formula is C27H27N3O2S. The molecule has 0 aliphatic rings. The van der Waals surface area contributed by atoms with Gasteiger partial charge in [-0.1, -0.05) is 42.0 Å². The molecule has 0 amide bonds. The first-order valence-corrected chi connectivity index (χ1v) is 11.2. The fourth-order valence-electron chi connectivity index (χ4n) is 3.94. The zero-order valence-corrected chi connectivity index (χ0v) is 19.8. The van der Waals surface area contributed by atoms with E-state index in [0.717, 1.165) is 39.0 Å². The lowest BCUT2D eigenvalue weighted by Gasteiger charge is -2.26. The van der Waals surface area contributed by atoms with Gasteiger partial charge >= 0.3 is 0 Å². The van der Waals surface area contributed by atoms with Crippen LogP contribution in [0.15, 0.2) is 77.6 Å². The zero-order chi connectivity index (χ0) is 23.4. The monoisotopic (exact) mass is 457 g/mol. The van der Waals surface area contributed by atoms with Gasteiger partial charge in [-0.25, -0.2) is 0 Å². The van der Waals surface area contributed by atoms with Crippen molar-refractivity contribution in [2.75, 3.05) is 12.4 Å². The molecule has 0 atom stereocenters. The van der Waals surface area contributed by atoms with E-state index in [0.29, 0.717) is 23.8 Å². The molecule has 1 aromatic heterocycles. The molecule has 0 aliphatic heterocycles. The number of fused-ring (bicyclic) bond motifs is 1. The fourth-order valence-corrected chi connectivity index (χ4v) is 4.18. The van der Waals surface area contributed by atoms with Crippen molar-refractivity contribution in [2.45, 2.75) is 26.9 Å². The summed E-state index contributed by atoms with van der Waals surface area (Å²) in [5, 5.41) is 4.87. The molecule has 0 saturated heterocycles. The van der Waals surface area contributed by atoms with Crippen molar-refractivity contribution < 1.29 is 4.74 Å². The average Bonchev–Trinajstić information content (AvgIpc) is 2.81. The number of hydrogen-bond donors (Lipinski definition) is 2. The summed E-state index contributed by atoms with van der Waals surface area (Å²) in [4.78, 5) is 18.0. The lowest BCUT2D eigenvalue weighted by atomic mass is 10.1. The second-order valence-electron chi connectivity index (χ2n) is 8.17. The summed E-state index contributed by atoms with van der Waals surface area (Å²) in [7, 11) is 1.64. The first-order chi connectivity index (χ1) is 15.9. The number of methoxy groups -OCH3 is 1. The quantitative estimate of drug-likeness (QED) is 0.372. The van der Waals surface area contributed by atoms with Gasteiger partial charge in [0, 0.05) is 17.8 Å². The Labute approximate surface area is 199 Å². The second-order valence-corrected chi connectivity index (χ2v) is 8.56. The Hall–Kier alpha value is -3.64. The molecule has 0 unspecified atom stereocenters. The summed E-state index contributed by atoms with van der Waals surface area (Å²) < 4.78 is 5.24. The number of benzene rings is 3. The fraction of sp³-hybridized carbons (Fsp3) is 0.185. The van der Waals surface area contributed by atoms with Crippen molar-refractivity contribution >= 4 is 33.9 Å². The summed E-state index contributed by atoms with van der Waals surface area (Å²) in [6.07, 6.45) is 0. The van der Waals surface area contributed by atoms with E-state index in [-0.39, 0.29) is 5.56 Å². The average molecular weight is 458 g/mol. The van der Waals surface area contributed by atoms with Crippen LogP contribution in [0.25, 0.3) is 10.9 Å². The van der Waals surface area contributed by atoms with Gasteiger partial charge in [-0.2, -0.15) is 0 Å². The summed E-state index contributed by atoms with van der Waals surface area (Å²) >= 11 is 5.77. The Morgan fingerprint density at radius 3 is 2.42 bits per heavy atom. The summed E-state index contributed by atoms with van der Waals surface area (Å²) in [6, 6.07) is 23.8. The van der Waals surface area contributed by atoms with E-state index in [9.17, 15) is 4.79 Å². The number of aromatic nitrogens is 1. The molecule has 33 heavy (non-hydrogen) atoms. The molecule has 0 aliphatic carbocycles. The number of nitrogens with zero attached hydrogens (tertiary/aromatic N) is 1. The lowest BCUT2D eigenvalue weighted by Crippen LogP contribution is -2.35. The van der Waals surface area contributed by atoms with E-state index in [1.54, 1.807) is 7.11 Å². The van der Waals surface area contributed by atoms with Gasteiger partial charge in [0.1, 0.15) is 5.75 Å². The summed E-state index contributed by atoms with van der Waals surface area (Å²) in [5.74, 6) is 0.779. The van der Waals surface area contributed by atoms with E-state index in [4.69, 9.17) is 17.0 Å². The van der Waals surface area contributed by atoms with Crippen molar-refractivity contribution in [3.63, 3.8) is 0 Å². The predicted octanol–water partition coefficient (Wildman–Crippen LogP) is 5.55. The van der Waals surface area contributed by atoms with Gasteiger partial charge in [0.05, 0.1) is 19.2 Å². The first kappa shape index (κ1) is 22.6. The Bertz CT molecular complexity index is 1330. The van der Waals surface area contributed by atoms with Gasteiger partial charge in [0.2, 0.25) is 0 Å². The molecule has 1 heterocycles. The van der Waals surface area contributed by atoms with Gasteiger partial charge in [-0.3, -0.25) is 4.79 Å². The maximum Gasteiger partial charge on any atom is 0.253 e. The highest BCUT2D eigenvalue weighted by molar-refractivity contribution is 7.80. The number of aryl methyl sites for hydroxylation is 2. The largest absolute Gasteiger partial charge is 0.497 e. The standard InChI is InChI=1S/C27H27N3O2S/c1-18-13-19(2)25-21(14-18)15-22(26(31)29-25)17-30(16-20-7-5-4-6-8-20)27(33)28-23-9-11-24(32-3)12-10-23/h4-15H,16-17H2,1-3H3,(H,28,33)(H,29,31). The number of H-pyrrole nitrogens is 1. The minimum Gasteiger partial charge on any atom is -0.497 e. The van der Waals surface area contributed by atoms with E-state index in [1.165, 1.54) is 0 Å². The minimum atomic E-state index is -0.0974. The minimum absolute atomic E-state index is 0.0974. The van der Waals surface area contributed by atoms with Crippen LogP contribution in [-0.4, -0.2) is 22.1 Å².